The highest BCUT2D eigenvalue weighted by Gasteiger charge is 2.14. The molecule has 122 valence electrons. The number of unbranched alkanes of at least 4 members (excludes halogenated alkanes) is 1. The van der Waals surface area contributed by atoms with Crippen LogP contribution in [0.25, 0.3) is 22.4 Å². The highest BCUT2D eigenvalue weighted by Crippen LogP contribution is 2.28. The van der Waals surface area contributed by atoms with Gasteiger partial charge in [0.05, 0.1) is 17.1 Å². The van der Waals surface area contributed by atoms with E-state index in [9.17, 15) is 0 Å². The van der Waals surface area contributed by atoms with Gasteiger partial charge in [0.2, 0.25) is 0 Å². The number of imidazole rings is 1. The molecule has 0 spiro atoms. The largest absolute Gasteiger partial charge is 0.324 e. The van der Waals surface area contributed by atoms with Gasteiger partial charge >= 0.3 is 0 Å². The second-order valence-corrected chi connectivity index (χ2v) is 6.57. The van der Waals surface area contributed by atoms with Crippen LogP contribution in [0.2, 0.25) is 0 Å². The Bertz CT molecular complexity index is 942. The fourth-order valence-corrected chi connectivity index (χ4v) is 3.02. The van der Waals surface area contributed by atoms with Crippen LogP contribution in [-0.2, 0) is 6.54 Å². The van der Waals surface area contributed by atoms with E-state index in [0.717, 1.165) is 35.4 Å². The lowest BCUT2D eigenvalue weighted by Crippen LogP contribution is -2.01. The first-order chi connectivity index (χ1) is 11.5. The molecule has 0 atom stereocenters. The maximum atomic E-state index is 8.87. The number of rotatable bonds is 4. The summed E-state index contributed by atoms with van der Waals surface area (Å²) < 4.78 is 2.27. The minimum Gasteiger partial charge on any atom is -0.324 e. The van der Waals surface area contributed by atoms with E-state index in [1.165, 1.54) is 22.3 Å². The summed E-state index contributed by atoms with van der Waals surface area (Å²) in [6.45, 7) is 9.34. The molecule has 3 heteroatoms. The van der Waals surface area contributed by atoms with Crippen LogP contribution in [0.1, 0.15) is 35.1 Å². The fourth-order valence-electron chi connectivity index (χ4n) is 3.02. The molecule has 3 nitrogen and oxygen atoms in total. The van der Waals surface area contributed by atoms with E-state index in [-0.39, 0.29) is 0 Å². The Morgan fingerprint density at radius 3 is 2.38 bits per heavy atom. The molecule has 0 aliphatic carbocycles. The first kappa shape index (κ1) is 16.3. The van der Waals surface area contributed by atoms with Gasteiger partial charge in [0.15, 0.2) is 0 Å². The summed E-state index contributed by atoms with van der Waals surface area (Å²) in [6, 6.07) is 13.1. The van der Waals surface area contributed by atoms with Crippen molar-refractivity contribution >= 4 is 11.0 Å². The Balaban J connectivity index is 2.19. The molecule has 0 amide bonds. The van der Waals surface area contributed by atoms with Crippen LogP contribution in [0.3, 0.4) is 0 Å². The molecule has 1 aromatic heterocycles. The zero-order chi connectivity index (χ0) is 17.3. The Morgan fingerprint density at radius 2 is 1.67 bits per heavy atom. The summed E-state index contributed by atoms with van der Waals surface area (Å²) in [5.41, 5.74) is 8.42. The molecule has 1 heterocycles. The predicted molar refractivity (Wildman–Crippen MR) is 99.0 cm³/mol. The second kappa shape index (κ2) is 6.49. The molecule has 0 aliphatic rings. The van der Waals surface area contributed by atoms with E-state index in [1.807, 2.05) is 0 Å². The third-order valence-electron chi connectivity index (χ3n) is 4.80. The summed E-state index contributed by atoms with van der Waals surface area (Å²) in [4.78, 5) is 4.91. The Hall–Kier alpha value is -2.60. The van der Waals surface area contributed by atoms with Gasteiger partial charge in [-0.1, -0.05) is 12.1 Å². The molecule has 2 aromatic carbocycles. The maximum absolute atomic E-state index is 8.87. The van der Waals surface area contributed by atoms with E-state index in [4.69, 9.17) is 10.2 Å². The first-order valence-corrected chi connectivity index (χ1v) is 8.43. The van der Waals surface area contributed by atoms with Crippen LogP contribution in [0.4, 0.5) is 0 Å². The van der Waals surface area contributed by atoms with E-state index in [1.54, 1.807) is 0 Å². The second-order valence-electron chi connectivity index (χ2n) is 6.57. The van der Waals surface area contributed by atoms with E-state index < -0.39 is 0 Å². The number of hydrogen-bond acceptors (Lipinski definition) is 2. The Kier molecular flexibility index (Phi) is 4.40. The molecule has 0 fully saturated rings. The van der Waals surface area contributed by atoms with Crippen molar-refractivity contribution in [2.45, 2.75) is 47.1 Å². The van der Waals surface area contributed by atoms with Crippen LogP contribution < -0.4 is 0 Å². The minimum absolute atomic E-state index is 0.566. The summed E-state index contributed by atoms with van der Waals surface area (Å²) >= 11 is 0. The van der Waals surface area contributed by atoms with Crippen molar-refractivity contribution in [1.82, 2.24) is 9.55 Å². The van der Waals surface area contributed by atoms with Crippen LogP contribution >= 0.6 is 0 Å². The standard InChI is InChI=1S/C21H23N3/c1-14-7-8-18(11-15(14)2)21-23-19-12-16(3)17(4)13-20(19)24(21)10-6-5-9-22/h7-8,11-13H,5-6,10H2,1-4H3. The monoisotopic (exact) mass is 317 g/mol. The lowest BCUT2D eigenvalue weighted by molar-refractivity contribution is 0.675. The molecule has 3 rings (SSSR count). The number of nitriles is 1. The first-order valence-electron chi connectivity index (χ1n) is 8.43. The predicted octanol–water partition coefficient (Wildman–Crippen LogP) is 5.24. The summed E-state index contributed by atoms with van der Waals surface area (Å²) in [5.74, 6) is 0.996. The van der Waals surface area contributed by atoms with Gasteiger partial charge in [0.25, 0.3) is 0 Å². The fraction of sp³-hybridized carbons (Fsp3) is 0.333. The van der Waals surface area contributed by atoms with Crippen LogP contribution in [0.5, 0.6) is 0 Å². The van der Waals surface area contributed by atoms with Gasteiger partial charge in [-0.3, -0.25) is 0 Å². The zero-order valence-corrected chi connectivity index (χ0v) is 14.8. The Labute approximate surface area is 143 Å². The van der Waals surface area contributed by atoms with Gasteiger partial charge in [-0.25, -0.2) is 4.98 Å². The highest BCUT2D eigenvalue weighted by molar-refractivity contribution is 5.82. The maximum Gasteiger partial charge on any atom is 0.141 e. The van der Waals surface area contributed by atoms with Crippen molar-refractivity contribution in [2.75, 3.05) is 0 Å². The topological polar surface area (TPSA) is 41.6 Å². The molecule has 3 aromatic rings. The Morgan fingerprint density at radius 1 is 0.958 bits per heavy atom. The van der Waals surface area contributed by atoms with Crippen molar-refractivity contribution in [3.8, 4) is 17.5 Å². The average molecular weight is 317 g/mol. The summed E-state index contributed by atoms with van der Waals surface area (Å²) in [6.07, 6.45) is 1.41. The molecule has 0 saturated heterocycles. The third-order valence-corrected chi connectivity index (χ3v) is 4.80. The van der Waals surface area contributed by atoms with Crippen molar-refractivity contribution in [3.05, 3.63) is 52.6 Å². The quantitative estimate of drug-likeness (QED) is 0.617. The van der Waals surface area contributed by atoms with Crippen LogP contribution in [0.15, 0.2) is 30.3 Å². The van der Waals surface area contributed by atoms with E-state index >= 15 is 0 Å². The van der Waals surface area contributed by atoms with E-state index in [0.29, 0.717) is 6.42 Å². The molecule has 0 unspecified atom stereocenters. The normalized spacial score (nSPS) is 11.0. The summed E-state index contributed by atoms with van der Waals surface area (Å²) in [7, 11) is 0. The number of fused-ring (bicyclic) bond motifs is 1. The summed E-state index contributed by atoms with van der Waals surface area (Å²) in [5, 5.41) is 8.87. The molecule has 0 N–H and O–H groups in total. The van der Waals surface area contributed by atoms with E-state index in [2.05, 4.69) is 68.7 Å². The molecular formula is C21H23N3. The van der Waals surface area contributed by atoms with Crippen LogP contribution in [0, 0.1) is 39.0 Å². The average Bonchev–Trinajstić information content (AvgIpc) is 2.89. The highest BCUT2D eigenvalue weighted by atomic mass is 15.1. The molecule has 0 radical (unpaired) electrons. The van der Waals surface area contributed by atoms with Gasteiger partial charge in [0.1, 0.15) is 5.82 Å². The molecular weight excluding hydrogens is 294 g/mol. The number of benzene rings is 2. The van der Waals surface area contributed by atoms with Gasteiger partial charge in [-0.15, -0.1) is 0 Å². The lowest BCUT2D eigenvalue weighted by atomic mass is 10.1. The molecule has 0 aliphatic heterocycles. The van der Waals surface area contributed by atoms with Crippen molar-refractivity contribution in [2.24, 2.45) is 0 Å². The van der Waals surface area contributed by atoms with Gasteiger partial charge in [-0.2, -0.15) is 5.26 Å². The number of nitrogens with zero attached hydrogens (tertiary/aromatic N) is 3. The molecule has 24 heavy (non-hydrogen) atoms. The third kappa shape index (κ3) is 2.92. The van der Waals surface area contributed by atoms with Gasteiger partial charge < -0.3 is 4.57 Å². The van der Waals surface area contributed by atoms with Crippen LogP contribution in [-0.4, -0.2) is 9.55 Å². The molecule has 0 bridgehead atoms. The molecule has 0 saturated carbocycles. The smallest absolute Gasteiger partial charge is 0.141 e. The number of aromatic nitrogens is 2. The SMILES string of the molecule is Cc1ccc(-c2nc3cc(C)c(C)cc3n2CCCC#N)cc1C. The lowest BCUT2D eigenvalue weighted by Gasteiger charge is -2.10. The number of aryl methyl sites for hydroxylation is 5. The van der Waals surface area contributed by atoms with Crippen molar-refractivity contribution in [3.63, 3.8) is 0 Å². The van der Waals surface area contributed by atoms with Crippen molar-refractivity contribution in [1.29, 1.82) is 5.26 Å². The number of hydrogen-bond donors (Lipinski definition) is 0. The van der Waals surface area contributed by atoms with Gasteiger partial charge in [-0.05, 0) is 74.6 Å². The zero-order valence-electron chi connectivity index (χ0n) is 14.8. The van der Waals surface area contributed by atoms with Crippen molar-refractivity contribution < 1.29 is 0 Å². The van der Waals surface area contributed by atoms with Gasteiger partial charge in [0, 0.05) is 18.5 Å². The minimum atomic E-state index is 0.566.